The molecule has 0 saturated carbocycles. The van der Waals surface area contributed by atoms with Crippen LogP contribution in [-0.4, -0.2) is 78.8 Å². The molecule has 172 valence electrons. The normalized spacial score (nSPS) is 23.5. The van der Waals surface area contributed by atoms with Gasteiger partial charge in [-0.2, -0.15) is 0 Å². The maximum atomic E-state index is 13.4. The number of hydrogen-bond acceptors (Lipinski definition) is 6. The van der Waals surface area contributed by atoms with Gasteiger partial charge in [0, 0.05) is 25.7 Å². The number of likely N-dealkylation sites (N-methyl/N-ethyl adjacent to an activating group) is 1. The first-order valence-corrected chi connectivity index (χ1v) is 12.7. The average molecular weight is 452 g/mol. The van der Waals surface area contributed by atoms with Gasteiger partial charge < -0.3 is 14.7 Å². The Hall–Kier alpha value is -1.97. The van der Waals surface area contributed by atoms with E-state index in [-0.39, 0.29) is 36.9 Å². The fourth-order valence-electron chi connectivity index (χ4n) is 3.98. The van der Waals surface area contributed by atoms with Gasteiger partial charge in [0.2, 0.25) is 15.9 Å². The molecule has 0 bridgehead atoms. The van der Waals surface area contributed by atoms with E-state index >= 15 is 0 Å². The minimum absolute atomic E-state index is 0.142. The van der Waals surface area contributed by atoms with Crippen molar-refractivity contribution in [2.75, 3.05) is 33.0 Å². The van der Waals surface area contributed by atoms with Crippen LogP contribution in [0.25, 0.3) is 5.57 Å². The van der Waals surface area contributed by atoms with Gasteiger partial charge >= 0.3 is 0 Å². The molecule has 8 nitrogen and oxygen atoms in total. The number of sulfonamides is 1. The number of carbonyl (C=O) groups is 1. The maximum absolute atomic E-state index is 13.4. The Labute approximate surface area is 185 Å². The first-order chi connectivity index (χ1) is 14.6. The lowest BCUT2D eigenvalue weighted by Crippen LogP contribution is -2.50. The molecule has 3 atom stereocenters. The summed E-state index contributed by atoms with van der Waals surface area (Å²) >= 11 is 0. The standard InChI is InChI=1S/C22H33N3O5S/c1-15-12-25(16(2)14-26)22(27)19-10-18(17-8-6-5-7-9-17)11-23-21(19)30-20(15)13-24(3)31(4,28)29/h8,10-11,15-16,20,26H,5-7,9,12-14H2,1-4H3/t15-,16-,20+/m0/s1. The zero-order chi connectivity index (χ0) is 22.8. The summed E-state index contributed by atoms with van der Waals surface area (Å²) in [6.45, 7) is 4.03. The van der Waals surface area contributed by atoms with E-state index < -0.39 is 16.1 Å². The van der Waals surface area contributed by atoms with Crippen LogP contribution in [0.1, 0.15) is 55.5 Å². The van der Waals surface area contributed by atoms with E-state index in [2.05, 4.69) is 11.1 Å². The Morgan fingerprint density at radius 2 is 2.13 bits per heavy atom. The molecule has 31 heavy (non-hydrogen) atoms. The highest BCUT2D eigenvalue weighted by Crippen LogP contribution is 2.32. The number of aromatic nitrogens is 1. The molecule has 1 aliphatic carbocycles. The summed E-state index contributed by atoms with van der Waals surface area (Å²) in [5.41, 5.74) is 2.44. The molecule has 9 heteroatoms. The van der Waals surface area contributed by atoms with Crippen molar-refractivity contribution in [3.8, 4) is 5.88 Å². The number of aliphatic hydroxyl groups is 1. The molecular formula is C22H33N3O5S. The van der Waals surface area contributed by atoms with Crippen molar-refractivity contribution in [2.45, 2.75) is 51.7 Å². The second-order valence-corrected chi connectivity index (χ2v) is 10.8. The zero-order valence-electron chi connectivity index (χ0n) is 18.7. The van der Waals surface area contributed by atoms with Crippen LogP contribution < -0.4 is 4.74 Å². The minimum Gasteiger partial charge on any atom is -0.472 e. The molecular weight excluding hydrogens is 418 g/mol. The van der Waals surface area contributed by atoms with Gasteiger partial charge in [-0.05, 0) is 49.8 Å². The SMILES string of the molecule is C[C@H]1CN([C@@H](C)CO)C(=O)c2cc(C3=CCCCC3)cnc2O[C@@H]1CN(C)S(C)(=O)=O. The number of ether oxygens (including phenoxy) is 1. The first kappa shape index (κ1) is 23.7. The lowest BCUT2D eigenvalue weighted by atomic mass is 9.93. The Bertz CT molecular complexity index is 946. The van der Waals surface area contributed by atoms with Crippen LogP contribution in [0.5, 0.6) is 5.88 Å². The molecule has 0 aromatic carbocycles. The molecule has 0 unspecified atom stereocenters. The predicted octanol–water partition coefficient (Wildman–Crippen LogP) is 2.15. The molecule has 0 saturated heterocycles. The minimum atomic E-state index is -3.39. The smallest absolute Gasteiger partial charge is 0.259 e. The lowest BCUT2D eigenvalue weighted by Gasteiger charge is -2.37. The van der Waals surface area contributed by atoms with Crippen molar-refractivity contribution in [3.63, 3.8) is 0 Å². The summed E-state index contributed by atoms with van der Waals surface area (Å²) < 4.78 is 31.3. The quantitative estimate of drug-likeness (QED) is 0.711. The highest BCUT2D eigenvalue weighted by molar-refractivity contribution is 7.88. The van der Waals surface area contributed by atoms with Crippen LogP contribution in [0.4, 0.5) is 0 Å². The Kier molecular flexibility index (Phi) is 7.39. The van der Waals surface area contributed by atoms with Crippen molar-refractivity contribution in [1.82, 2.24) is 14.2 Å². The molecule has 1 aromatic heterocycles. The number of carbonyl (C=O) groups excluding carboxylic acids is 1. The van der Waals surface area contributed by atoms with Crippen molar-refractivity contribution in [1.29, 1.82) is 0 Å². The van der Waals surface area contributed by atoms with Gasteiger partial charge in [-0.3, -0.25) is 4.79 Å². The number of hydrogen-bond donors (Lipinski definition) is 1. The Morgan fingerprint density at radius 1 is 1.39 bits per heavy atom. The number of amides is 1. The van der Waals surface area contributed by atoms with E-state index in [1.807, 2.05) is 13.0 Å². The van der Waals surface area contributed by atoms with Gasteiger partial charge in [0.05, 0.1) is 25.4 Å². The van der Waals surface area contributed by atoms with Crippen LogP contribution in [-0.2, 0) is 10.0 Å². The molecule has 2 aliphatic rings. The van der Waals surface area contributed by atoms with E-state index in [1.54, 1.807) is 18.0 Å². The van der Waals surface area contributed by atoms with Crippen LogP contribution in [0.3, 0.4) is 0 Å². The average Bonchev–Trinajstić information content (AvgIpc) is 2.75. The van der Waals surface area contributed by atoms with Gasteiger partial charge in [0.1, 0.15) is 11.7 Å². The Balaban J connectivity index is 2.02. The van der Waals surface area contributed by atoms with Crippen LogP contribution >= 0.6 is 0 Å². The number of pyridine rings is 1. The molecule has 1 N–H and O–H groups in total. The van der Waals surface area contributed by atoms with E-state index in [4.69, 9.17) is 4.74 Å². The van der Waals surface area contributed by atoms with E-state index in [0.717, 1.165) is 31.1 Å². The molecule has 1 amide bonds. The van der Waals surface area contributed by atoms with Crippen molar-refractivity contribution in [3.05, 3.63) is 29.5 Å². The molecule has 1 aromatic rings. The molecule has 1 aliphatic heterocycles. The molecule has 2 heterocycles. The fourth-order valence-corrected chi connectivity index (χ4v) is 4.40. The fraction of sp³-hybridized carbons (Fsp3) is 0.636. The van der Waals surface area contributed by atoms with Gasteiger partial charge in [-0.15, -0.1) is 0 Å². The van der Waals surface area contributed by atoms with Crippen molar-refractivity contribution < 1.29 is 23.1 Å². The van der Waals surface area contributed by atoms with E-state index in [9.17, 15) is 18.3 Å². The van der Waals surface area contributed by atoms with E-state index in [1.165, 1.54) is 23.3 Å². The number of nitrogens with zero attached hydrogens (tertiary/aromatic N) is 3. The topological polar surface area (TPSA) is 100 Å². The van der Waals surface area contributed by atoms with Crippen LogP contribution in [0.15, 0.2) is 18.3 Å². The number of fused-ring (bicyclic) bond motifs is 1. The number of rotatable bonds is 6. The summed E-state index contributed by atoms with van der Waals surface area (Å²) in [5.74, 6) is -0.194. The van der Waals surface area contributed by atoms with Gasteiger partial charge in [-0.25, -0.2) is 17.7 Å². The van der Waals surface area contributed by atoms with Gasteiger partial charge in [0.25, 0.3) is 5.91 Å². The third kappa shape index (κ3) is 5.45. The summed E-state index contributed by atoms with van der Waals surface area (Å²) in [6.07, 6.45) is 8.83. The third-order valence-corrected chi connectivity index (χ3v) is 7.47. The van der Waals surface area contributed by atoms with Crippen LogP contribution in [0, 0.1) is 5.92 Å². The zero-order valence-corrected chi connectivity index (χ0v) is 19.6. The van der Waals surface area contributed by atoms with Crippen molar-refractivity contribution >= 4 is 21.5 Å². The third-order valence-electron chi connectivity index (χ3n) is 6.19. The summed E-state index contributed by atoms with van der Waals surface area (Å²) in [6, 6.07) is 1.44. The predicted molar refractivity (Wildman–Crippen MR) is 119 cm³/mol. The van der Waals surface area contributed by atoms with Crippen LogP contribution in [0.2, 0.25) is 0 Å². The highest BCUT2D eigenvalue weighted by atomic mass is 32.2. The molecule has 0 radical (unpaired) electrons. The first-order valence-electron chi connectivity index (χ1n) is 10.8. The Morgan fingerprint density at radius 3 is 2.74 bits per heavy atom. The molecule has 0 spiro atoms. The molecule has 3 rings (SSSR count). The number of aliphatic hydroxyl groups excluding tert-OH is 1. The summed E-state index contributed by atoms with van der Waals surface area (Å²) in [4.78, 5) is 19.5. The molecule has 0 fully saturated rings. The largest absolute Gasteiger partial charge is 0.472 e. The monoisotopic (exact) mass is 451 g/mol. The lowest BCUT2D eigenvalue weighted by molar-refractivity contribution is 0.0373. The van der Waals surface area contributed by atoms with Crippen molar-refractivity contribution in [2.24, 2.45) is 5.92 Å². The highest BCUT2D eigenvalue weighted by Gasteiger charge is 2.35. The summed E-state index contributed by atoms with van der Waals surface area (Å²) in [7, 11) is -1.88. The van der Waals surface area contributed by atoms with E-state index in [0.29, 0.717) is 12.1 Å². The van der Waals surface area contributed by atoms with Gasteiger partial charge in [0.15, 0.2) is 0 Å². The van der Waals surface area contributed by atoms with Gasteiger partial charge in [-0.1, -0.05) is 13.0 Å². The summed E-state index contributed by atoms with van der Waals surface area (Å²) in [5, 5.41) is 9.74. The second-order valence-electron chi connectivity index (χ2n) is 8.72. The maximum Gasteiger partial charge on any atom is 0.259 e. The number of allylic oxidation sites excluding steroid dienone is 2. The second kappa shape index (κ2) is 9.67.